The zero-order valence-corrected chi connectivity index (χ0v) is 38.8. The van der Waals surface area contributed by atoms with Crippen LogP contribution in [-0.2, 0) is 16.2 Å². The summed E-state index contributed by atoms with van der Waals surface area (Å²) in [5.41, 5.74) is 29.3. The maximum absolute atomic E-state index is 2.50. The van der Waals surface area contributed by atoms with E-state index in [0.29, 0.717) is 0 Å². The third-order valence-corrected chi connectivity index (χ3v) is 16.3. The van der Waals surface area contributed by atoms with Crippen molar-refractivity contribution in [2.24, 2.45) is 0 Å². The summed E-state index contributed by atoms with van der Waals surface area (Å²) in [6, 6.07) is 84.8. The normalized spacial score (nSPS) is 15.1. The van der Waals surface area contributed by atoms with Gasteiger partial charge in [-0.15, -0.1) is 0 Å². The minimum Gasteiger partial charge on any atom is -0.310 e. The van der Waals surface area contributed by atoms with Gasteiger partial charge in [-0.2, -0.15) is 0 Å². The molecule has 68 heavy (non-hydrogen) atoms. The maximum atomic E-state index is 2.50. The van der Waals surface area contributed by atoms with Crippen molar-refractivity contribution in [1.29, 1.82) is 0 Å². The molecule has 1 heteroatoms. The highest BCUT2D eigenvalue weighted by atomic mass is 15.1. The van der Waals surface area contributed by atoms with Crippen LogP contribution in [0.5, 0.6) is 0 Å². The first kappa shape index (κ1) is 39.2. The van der Waals surface area contributed by atoms with Crippen LogP contribution in [-0.4, -0.2) is 0 Å². The van der Waals surface area contributed by atoms with Gasteiger partial charge in [0.05, 0.1) is 5.41 Å². The Morgan fingerprint density at radius 3 is 1.21 bits per heavy atom. The Hall–Kier alpha value is -8.00. The van der Waals surface area contributed by atoms with Crippen molar-refractivity contribution in [3.8, 4) is 66.8 Å². The van der Waals surface area contributed by atoms with Crippen molar-refractivity contribution in [3.05, 3.63) is 269 Å². The molecule has 0 atom stereocenters. The zero-order valence-electron chi connectivity index (χ0n) is 38.8. The monoisotopic (exact) mass is 867 g/mol. The lowest BCUT2D eigenvalue weighted by Gasteiger charge is -2.32. The highest BCUT2D eigenvalue weighted by Gasteiger charge is 2.51. The molecule has 0 amide bonds. The molecule has 0 N–H and O–H groups in total. The molecule has 0 saturated heterocycles. The van der Waals surface area contributed by atoms with Crippen LogP contribution >= 0.6 is 0 Å². The van der Waals surface area contributed by atoms with Gasteiger partial charge in [-0.1, -0.05) is 210 Å². The largest absolute Gasteiger partial charge is 0.310 e. The third kappa shape index (κ3) is 5.17. The summed E-state index contributed by atoms with van der Waals surface area (Å²) in [5, 5.41) is 0. The molecule has 10 aromatic carbocycles. The number of anilines is 3. The summed E-state index contributed by atoms with van der Waals surface area (Å²) < 4.78 is 0. The fourth-order valence-electron chi connectivity index (χ4n) is 13.2. The van der Waals surface area contributed by atoms with Crippen LogP contribution in [0.1, 0.15) is 72.2 Å². The van der Waals surface area contributed by atoms with Crippen LogP contribution in [0.25, 0.3) is 66.8 Å². The second-order valence-corrected chi connectivity index (χ2v) is 20.4. The lowest BCUT2D eigenvalue weighted by atomic mass is 9.70. The average molecular weight is 868 g/mol. The Balaban J connectivity index is 0.927. The summed E-state index contributed by atoms with van der Waals surface area (Å²) >= 11 is 0. The minimum absolute atomic E-state index is 0.0602. The maximum Gasteiger partial charge on any atom is 0.0726 e. The van der Waals surface area contributed by atoms with Crippen LogP contribution in [0.4, 0.5) is 17.1 Å². The van der Waals surface area contributed by atoms with E-state index in [0.717, 1.165) is 17.1 Å². The first-order valence-corrected chi connectivity index (χ1v) is 24.2. The van der Waals surface area contributed by atoms with E-state index in [1.807, 2.05) is 0 Å². The van der Waals surface area contributed by atoms with Crippen molar-refractivity contribution >= 4 is 17.1 Å². The quantitative estimate of drug-likeness (QED) is 0.167. The smallest absolute Gasteiger partial charge is 0.0726 e. The second-order valence-electron chi connectivity index (χ2n) is 20.4. The van der Waals surface area contributed by atoms with Crippen LogP contribution in [0.2, 0.25) is 0 Å². The van der Waals surface area contributed by atoms with Crippen LogP contribution < -0.4 is 4.90 Å². The Kier molecular flexibility index (Phi) is 8.08. The van der Waals surface area contributed by atoms with Crippen LogP contribution in [0, 0.1) is 0 Å². The lowest BCUT2D eigenvalue weighted by molar-refractivity contribution is 0.660. The van der Waals surface area contributed by atoms with E-state index < -0.39 is 5.41 Å². The van der Waals surface area contributed by atoms with Crippen molar-refractivity contribution < 1.29 is 0 Å². The van der Waals surface area contributed by atoms with Gasteiger partial charge in [-0.05, 0) is 154 Å². The fourth-order valence-corrected chi connectivity index (χ4v) is 13.2. The fraction of sp³-hybridized carbons (Fsp3) is 0.104. The van der Waals surface area contributed by atoms with E-state index in [4.69, 9.17) is 0 Å². The van der Waals surface area contributed by atoms with Gasteiger partial charge in [0, 0.05) is 27.9 Å². The molecule has 0 aromatic heterocycles. The van der Waals surface area contributed by atoms with Crippen molar-refractivity contribution in [3.63, 3.8) is 0 Å². The van der Waals surface area contributed by atoms with E-state index in [9.17, 15) is 0 Å². The summed E-state index contributed by atoms with van der Waals surface area (Å²) in [6.45, 7) is 9.48. The second kappa shape index (κ2) is 14.0. The van der Waals surface area contributed by atoms with E-state index >= 15 is 0 Å². The number of nitrogens with zero attached hydrogens (tertiary/aromatic N) is 1. The van der Waals surface area contributed by atoms with Gasteiger partial charge < -0.3 is 4.90 Å². The molecule has 4 aliphatic carbocycles. The first-order chi connectivity index (χ1) is 33.2. The van der Waals surface area contributed by atoms with Gasteiger partial charge in [0.2, 0.25) is 0 Å². The van der Waals surface area contributed by atoms with E-state index in [1.165, 1.54) is 111 Å². The van der Waals surface area contributed by atoms with Gasteiger partial charge in [0.15, 0.2) is 0 Å². The molecule has 4 aliphatic rings. The van der Waals surface area contributed by atoms with Gasteiger partial charge in [-0.3, -0.25) is 0 Å². The third-order valence-electron chi connectivity index (χ3n) is 16.3. The minimum atomic E-state index is -0.437. The molecule has 0 heterocycles. The van der Waals surface area contributed by atoms with Gasteiger partial charge >= 0.3 is 0 Å². The first-order valence-electron chi connectivity index (χ1n) is 24.2. The molecule has 322 valence electrons. The highest BCUT2D eigenvalue weighted by Crippen LogP contribution is 2.63. The van der Waals surface area contributed by atoms with Crippen molar-refractivity contribution in [2.45, 2.75) is 43.9 Å². The van der Waals surface area contributed by atoms with Crippen molar-refractivity contribution in [2.75, 3.05) is 4.90 Å². The summed E-state index contributed by atoms with van der Waals surface area (Å²) in [4.78, 5) is 2.47. The Labute approximate surface area is 399 Å². The number of fused-ring (bicyclic) bond motifs is 16. The molecule has 0 aliphatic heterocycles. The molecule has 10 aromatic rings. The summed E-state index contributed by atoms with van der Waals surface area (Å²) in [6.07, 6.45) is 0. The Morgan fingerprint density at radius 2 is 0.632 bits per heavy atom. The van der Waals surface area contributed by atoms with Crippen LogP contribution in [0.3, 0.4) is 0 Å². The molecule has 0 unspecified atom stereocenters. The Bertz CT molecular complexity index is 3670. The molecule has 1 spiro atoms. The molecule has 0 saturated carbocycles. The van der Waals surface area contributed by atoms with E-state index in [2.05, 4.69) is 257 Å². The van der Waals surface area contributed by atoms with Crippen molar-refractivity contribution in [1.82, 2.24) is 0 Å². The molecule has 14 rings (SSSR count). The number of hydrogen-bond acceptors (Lipinski definition) is 1. The SMILES string of the molecule is CC1(C)c2ccccc2-c2ccc(-c3ccc(N(c4ccc(-c5cccc6c5C(C)(C)c5ccccc5-6)cc4)c4ccc5c(c4)C4(c6ccccc6-c6ccccc64)c4ccccc4-5)cc3)cc21. The summed E-state index contributed by atoms with van der Waals surface area (Å²) in [7, 11) is 0. The number of hydrogen-bond donors (Lipinski definition) is 0. The number of benzene rings is 10. The molecular weight excluding hydrogens is 819 g/mol. The Morgan fingerprint density at radius 1 is 0.250 bits per heavy atom. The predicted molar refractivity (Wildman–Crippen MR) is 283 cm³/mol. The summed E-state index contributed by atoms with van der Waals surface area (Å²) in [5.74, 6) is 0. The zero-order chi connectivity index (χ0) is 45.5. The van der Waals surface area contributed by atoms with Gasteiger partial charge in [0.1, 0.15) is 0 Å². The van der Waals surface area contributed by atoms with Crippen LogP contribution in [0.15, 0.2) is 224 Å². The molecule has 0 bridgehead atoms. The molecule has 0 radical (unpaired) electrons. The predicted octanol–water partition coefficient (Wildman–Crippen LogP) is 17.4. The topological polar surface area (TPSA) is 3.24 Å². The average Bonchev–Trinajstić information content (AvgIpc) is 4.02. The van der Waals surface area contributed by atoms with E-state index in [1.54, 1.807) is 0 Å². The standard InChI is InChI=1S/C67H49N/c1-65(2)57-23-10-5-16-49(57)54-38-32-44(40-62(54)65)42-28-33-45(34-29-42)68(46-35-30-43(31-36-46)48-21-15-22-56-53-20-6-11-24-58(53)66(3,4)64(48)56)47-37-39-55-52-19-9-14-27-61(52)67(63(55)41-47)59-25-12-7-17-50(59)51-18-8-13-26-60(51)67/h5-41H,1-4H3. The van der Waals surface area contributed by atoms with E-state index in [-0.39, 0.29) is 10.8 Å². The lowest BCUT2D eigenvalue weighted by Crippen LogP contribution is -2.26. The molecular formula is C67H49N. The van der Waals surface area contributed by atoms with Gasteiger partial charge in [-0.25, -0.2) is 0 Å². The number of rotatable bonds is 5. The van der Waals surface area contributed by atoms with Gasteiger partial charge in [0.25, 0.3) is 0 Å². The molecule has 0 fully saturated rings. The molecule has 1 nitrogen and oxygen atoms in total. The highest BCUT2D eigenvalue weighted by molar-refractivity contribution is 5.97.